The van der Waals surface area contributed by atoms with Gasteiger partial charge in [-0.05, 0) is 50.6 Å². The Morgan fingerprint density at radius 1 is 1.43 bits per heavy atom. The first-order valence-electron chi connectivity index (χ1n) is 7.30. The summed E-state index contributed by atoms with van der Waals surface area (Å²) in [4.78, 5) is 12.4. The number of carbonyl (C=O) groups excluding carboxylic acids is 1. The second-order valence-electron chi connectivity index (χ2n) is 5.82. The second kappa shape index (κ2) is 7.25. The summed E-state index contributed by atoms with van der Waals surface area (Å²) >= 11 is 5.98. The number of piperidine rings is 1. The van der Waals surface area contributed by atoms with Crippen LogP contribution < -0.4 is 10.6 Å². The van der Waals surface area contributed by atoms with E-state index >= 15 is 0 Å². The lowest BCUT2D eigenvalue weighted by Gasteiger charge is -2.37. The van der Waals surface area contributed by atoms with E-state index in [-0.39, 0.29) is 11.3 Å². The Bertz CT molecular complexity index is 494. The maximum absolute atomic E-state index is 12.4. The molecule has 1 aromatic rings. The summed E-state index contributed by atoms with van der Waals surface area (Å²) in [6, 6.07) is 5.39. The monoisotopic (exact) mass is 310 g/mol. The molecule has 1 saturated heterocycles. The normalized spacial score (nSPS) is 17.5. The van der Waals surface area contributed by atoms with Gasteiger partial charge in [0.15, 0.2) is 0 Å². The highest BCUT2D eigenvalue weighted by molar-refractivity contribution is 6.31. The van der Waals surface area contributed by atoms with Crippen LogP contribution in [0.1, 0.15) is 28.8 Å². The maximum Gasteiger partial charge on any atom is 0.251 e. The number of rotatable bonds is 5. The predicted octanol–water partition coefficient (Wildman–Crippen LogP) is 2.39. The second-order valence-corrected chi connectivity index (χ2v) is 6.26. The fraction of sp³-hybridized carbons (Fsp3) is 0.562. The fourth-order valence-corrected chi connectivity index (χ4v) is 3.01. The van der Waals surface area contributed by atoms with Crippen molar-refractivity contribution in [2.45, 2.75) is 19.8 Å². The topological polar surface area (TPSA) is 50.4 Å². The van der Waals surface area contributed by atoms with Crippen LogP contribution in [-0.4, -0.2) is 39.3 Å². The van der Waals surface area contributed by atoms with Crippen LogP contribution in [0.4, 0.5) is 0 Å². The number of hydrogen-bond acceptors (Lipinski definition) is 3. The van der Waals surface area contributed by atoms with Gasteiger partial charge in [-0.1, -0.05) is 17.7 Å². The molecule has 1 aliphatic rings. The molecule has 116 valence electrons. The van der Waals surface area contributed by atoms with E-state index in [1.807, 2.05) is 13.0 Å². The predicted molar refractivity (Wildman–Crippen MR) is 84.9 cm³/mol. The number of benzene rings is 1. The number of hydrogen-bond donors (Lipinski definition) is 2. The summed E-state index contributed by atoms with van der Waals surface area (Å²) in [6.07, 6.45) is 2.02. The number of methoxy groups -OCH3 is 1. The van der Waals surface area contributed by atoms with E-state index in [1.54, 1.807) is 19.2 Å². The number of carbonyl (C=O) groups is 1. The highest BCUT2D eigenvalue weighted by atomic mass is 35.5. The quantitative estimate of drug-likeness (QED) is 0.878. The van der Waals surface area contributed by atoms with Crippen LogP contribution in [0.25, 0.3) is 0 Å². The van der Waals surface area contributed by atoms with Crippen LogP contribution in [0.3, 0.4) is 0 Å². The molecule has 0 spiro atoms. The van der Waals surface area contributed by atoms with Gasteiger partial charge in [0.1, 0.15) is 0 Å². The lowest BCUT2D eigenvalue weighted by Crippen LogP contribution is -2.47. The van der Waals surface area contributed by atoms with Gasteiger partial charge in [0.25, 0.3) is 5.91 Å². The van der Waals surface area contributed by atoms with Crippen molar-refractivity contribution >= 4 is 17.5 Å². The smallest absolute Gasteiger partial charge is 0.251 e. The Labute approximate surface area is 131 Å². The largest absolute Gasteiger partial charge is 0.384 e. The molecule has 0 atom stereocenters. The van der Waals surface area contributed by atoms with Crippen molar-refractivity contribution in [1.82, 2.24) is 10.6 Å². The molecule has 0 unspecified atom stereocenters. The van der Waals surface area contributed by atoms with E-state index in [0.29, 0.717) is 23.7 Å². The molecule has 0 aliphatic carbocycles. The maximum atomic E-state index is 12.4. The van der Waals surface area contributed by atoms with E-state index < -0.39 is 0 Å². The van der Waals surface area contributed by atoms with Crippen molar-refractivity contribution in [2.24, 2.45) is 5.41 Å². The molecular formula is C16H23ClN2O2. The van der Waals surface area contributed by atoms with Crippen molar-refractivity contribution in [3.05, 3.63) is 34.3 Å². The molecule has 1 aromatic carbocycles. The molecule has 21 heavy (non-hydrogen) atoms. The molecule has 0 saturated carbocycles. The highest BCUT2D eigenvalue weighted by Gasteiger charge is 2.32. The van der Waals surface area contributed by atoms with Crippen LogP contribution >= 0.6 is 11.6 Å². The minimum absolute atomic E-state index is 0.0299. The summed E-state index contributed by atoms with van der Waals surface area (Å²) in [5.74, 6) is -0.0657. The van der Waals surface area contributed by atoms with Crippen LogP contribution in [0.15, 0.2) is 18.2 Å². The average Bonchev–Trinajstić information content (AvgIpc) is 2.49. The number of aryl methyl sites for hydroxylation is 1. The zero-order chi connectivity index (χ0) is 15.3. The molecule has 1 aliphatic heterocycles. The first-order valence-corrected chi connectivity index (χ1v) is 7.68. The minimum atomic E-state index is -0.0657. The molecule has 0 aromatic heterocycles. The Morgan fingerprint density at radius 3 is 2.81 bits per heavy atom. The molecule has 0 radical (unpaired) electrons. The first kappa shape index (κ1) is 16.3. The van der Waals surface area contributed by atoms with Crippen LogP contribution in [0.2, 0.25) is 5.02 Å². The number of ether oxygens (including phenoxy) is 1. The summed E-state index contributed by atoms with van der Waals surface area (Å²) in [6.45, 7) is 5.16. The standard InChI is InChI=1S/C16H23ClN2O2/c1-12-3-4-13(17)9-14(12)15(20)19-10-16(11-21-2)5-7-18-8-6-16/h3-4,9,18H,5-8,10-11H2,1-2H3,(H,19,20). The minimum Gasteiger partial charge on any atom is -0.384 e. The van der Waals surface area contributed by atoms with Crippen molar-refractivity contribution in [1.29, 1.82) is 0 Å². The van der Waals surface area contributed by atoms with Gasteiger partial charge in [-0.15, -0.1) is 0 Å². The van der Waals surface area contributed by atoms with Gasteiger partial charge in [-0.2, -0.15) is 0 Å². The van der Waals surface area contributed by atoms with Crippen molar-refractivity contribution in [3.8, 4) is 0 Å². The van der Waals surface area contributed by atoms with Gasteiger partial charge in [0.05, 0.1) is 6.61 Å². The molecule has 2 rings (SSSR count). The van der Waals surface area contributed by atoms with Gasteiger partial charge < -0.3 is 15.4 Å². The number of halogens is 1. The Hall–Kier alpha value is -1.10. The van der Waals surface area contributed by atoms with Crippen LogP contribution in [0, 0.1) is 12.3 Å². The van der Waals surface area contributed by atoms with Crippen LogP contribution in [0.5, 0.6) is 0 Å². The molecule has 1 amide bonds. The van der Waals surface area contributed by atoms with E-state index in [9.17, 15) is 4.79 Å². The zero-order valence-corrected chi connectivity index (χ0v) is 13.4. The Morgan fingerprint density at radius 2 is 2.14 bits per heavy atom. The molecule has 1 heterocycles. The van der Waals surface area contributed by atoms with E-state index in [1.165, 1.54) is 0 Å². The molecule has 0 bridgehead atoms. The summed E-state index contributed by atoms with van der Waals surface area (Å²) in [5, 5.41) is 6.99. The molecule has 1 fully saturated rings. The average molecular weight is 311 g/mol. The summed E-state index contributed by atoms with van der Waals surface area (Å²) in [7, 11) is 1.72. The Balaban J connectivity index is 2.03. The van der Waals surface area contributed by atoms with Gasteiger partial charge in [-0.3, -0.25) is 4.79 Å². The third-order valence-corrected chi connectivity index (χ3v) is 4.42. The molecule has 2 N–H and O–H groups in total. The van der Waals surface area contributed by atoms with Gasteiger partial charge in [0.2, 0.25) is 0 Å². The lowest BCUT2D eigenvalue weighted by molar-refractivity contribution is 0.0511. The number of amides is 1. The Kier molecular flexibility index (Phi) is 5.62. The van der Waals surface area contributed by atoms with E-state index in [0.717, 1.165) is 31.5 Å². The summed E-state index contributed by atoms with van der Waals surface area (Å²) in [5.41, 5.74) is 1.61. The van der Waals surface area contributed by atoms with Gasteiger partial charge in [0, 0.05) is 29.7 Å². The third-order valence-electron chi connectivity index (χ3n) is 4.18. The van der Waals surface area contributed by atoms with E-state index in [2.05, 4.69) is 10.6 Å². The lowest BCUT2D eigenvalue weighted by atomic mass is 9.79. The zero-order valence-electron chi connectivity index (χ0n) is 12.7. The molecule has 4 nitrogen and oxygen atoms in total. The van der Waals surface area contributed by atoms with E-state index in [4.69, 9.17) is 16.3 Å². The SMILES string of the molecule is COCC1(CNC(=O)c2cc(Cl)ccc2C)CCNCC1. The van der Waals surface area contributed by atoms with Crippen LogP contribution in [-0.2, 0) is 4.74 Å². The van der Waals surface area contributed by atoms with Crippen molar-refractivity contribution < 1.29 is 9.53 Å². The first-order chi connectivity index (χ1) is 10.1. The van der Waals surface area contributed by atoms with Crippen molar-refractivity contribution in [3.63, 3.8) is 0 Å². The number of nitrogens with one attached hydrogen (secondary N) is 2. The molecule has 5 heteroatoms. The molecular weight excluding hydrogens is 288 g/mol. The summed E-state index contributed by atoms with van der Waals surface area (Å²) < 4.78 is 5.37. The van der Waals surface area contributed by atoms with Crippen molar-refractivity contribution in [2.75, 3.05) is 33.4 Å². The van der Waals surface area contributed by atoms with Gasteiger partial charge in [-0.25, -0.2) is 0 Å². The third kappa shape index (κ3) is 4.19. The highest BCUT2D eigenvalue weighted by Crippen LogP contribution is 2.28. The van der Waals surface area contributed by atoms with Gasteiger partial charge >= 0.3 is 0 Å². The fourth-order valence-electron chi connectivity index (χ4n) is 2.84.